The summed E-state index contributed by atoms with van der Waals surface area (Å²) in [6.45, 7) is 7.08. The van der Waals surface area contributed by atoms with Crippen LogP contribution in [0.4, 0.5) is 0 Å². The van der Waals surface area contributed by atoms with Gasteiger partial charge in [-0.05, 0) is 77.9 Å². The fourth-order valence-corrected chi connectivity index (χ4v) is 6.43. The van der Waals surface area contributed by atoms with Gasteiger partial charge in [0.25, 0.3) is 0 Å². The predicted molar refractivity (Wildman–Crippen MR) is 103 cm³/mol. The molecule has 0 aliphatic heterocycles. The number of ketones is 1. The number of nitrogens with two attached hydrogens (primary N) is 1. The van der Waals surface area contributed by atoms with Gasteiger partial charge >= 0.3 is 0 Å². The molecule has 1 fully saturated rings. The Bertz CT molecular complexity index is 760. The second kappa shape index (κ2) is 5.76. The summed E-state index contributed by atoms with van der Waals surface area (Å²) in [6.07, 6.45) is 14.3. The molecule has 26 heavy (non-hydrogen) atoms. The van der Waals surface area contributed by atoms with Gasteiger partial charge < -0.3 is 10.5 Å². The summed E-state index contributed by atoms with van der Waals surface area (Å²) in [5.41, 5.74) is 10.7. The number of carbonyl (C=O) groups is 2. The van der Waals surface area contributed by atoms with Gasteiger partial charge in [-0.3, -0.25) is 4.79 Å². The molecule has 4 aliphatic carbocycles. The molecular formula is C23H31NO2. The van der Waals surface area contributed by atoms with Gasteiger partial charge in [0.15, 0.2) is 5.78 Å². The van der Waals surface area contributed by atoms with Crippen molar-refractivity contribution in [3.8, 4) is 0 Å². The van der Waals surface area contributed by atoms with Gasteiger partial charge in [-0.25, -0.2) is 0 Å². The highest BCUT2D eigenvalue weighted by Crippen LogP contribution is 2.67. The summed E-state index contributed by atoms with van der Waals surface area (Å²) in [4.78, 5) is 23.1. The molecule has 0 heterocycles. The van der Waals surface area contributed by atoms with E-state index in [1.54, 1.807) is 0 Å². The number of allylic oxidation sites excluding steroid dienone is 6. The van der Waals surface area contributed by atoms with Gasteiger partial charge in [0.05, 0.1) is 6.04 Å². The number of carbonyl (C=O) groups excluding carboxylic acids is 2. The summed E-state index contributed by atoms with van der Waals surface area (Å²) in [5, 5.41) is 0. The number of rotatable bonds is 3. The molecular weight excluding hydrogens is 322 g/mol. The zero-order chi connectivity index (χ0) is 18.7. The lowest BCUT2D eigenvalue weighted by molar-refractivity contribution is -0.116. The largest absolute Gasteiger partial charge is 0.322 e. The van der Waals surface area contributed by atoms with E-state index in [-0.39, 0.29) is 22.3 Å². The average molecular weight is 354 g/mol. The fraction of sp³-hybridized carbons (Fsp3) is 0.652. The first-order valence-corrected chi connectivity index (χ1v) is 10.1. The Hall–Kier alpha value is -1.48. The topological polar surface area (TPSA) is 60.2 Å². The molecule has 1 saturated carbocycles. The maximum atomic E-state index is 11.9. The van der Waals surface area contributed by atoms with Crippen LogP contribution >= 0.6 is 0 Å². The van der Waals surface area contributed by atoms with Crippen molar-refractivity contribution in [2.75, 3.05) is 0 Å². The van der Waals surface area contributed by atoms with Gasteiger partial charge in [0, 0.05) is 6.42 Å². The lowest BCUT2D eigenvalue weighted by Crippen LogP contribution is -2.47. The molecule has 3 heteroatoms. The van der Waals surface area contributed by atoms with Crippen molar-refractivity contribution in [3.05, 3.63) is 34.9 Å². The molecule has 0 aromatic carbocycles. The molecule has 0 aromatic heterocycles. The second-order valence-corrected chi connectivity index (χ2v) is 9.73. The first kappa shape index (κ1) is 17.9. The standard InChI is InChI=1S/C23H31NO2/c1-21(13-16(24)14-25)9-7-20-18-5-4-15-12-17(26)6-10-22(15,2)19(18)8-11-23(20,21)3/h5,7,12,14,16,19H,4,6,8-11,13,24H2,1-3H3/t16?,19?,21-,22-,23+/m0/s1. The highest BCUT2D eigenvalue weighted by atomic mass is 16.1. The Morgan fingerprint density at radius 2 is 2.04 bits per heavy atom. The van der Waals surface area contributed by atoms with Crippen molar-refractivity contribution in [2.24, 2.45) is 27.9 Å². The molecule has 0 saturated heterocycles. The Balaban J connectivity index is 1.71. The van der Waals surface area contributed by atoms with Crippen LogP contribution in [0.1, 0.15) is 65.7 Å². The molecule has 4 rings (SSSR count). The summed E-state index contributed by atoms with van der Waals surface area (Å²) in [6, 6.07) is -0.376. The Morgan fingerprint density at radius 3 is 2.77 bits per heavy atom. The van der Waals surface area contributed by atoms with E-state index in [0.29, 0.717) is 18.1 Å². The Labute approximate surface area is 156 Å². The Morgan fingerprint density at radius 1 is 1.27 bits per heavy atom. The van der Waals surface area contributed by atoms with Crippen molar-refractivity contribution in [1.82, 2.24) is 0 Å². The highest BCUT2D eigenvalue weighted by Gasteiger charge is 2.57. The third-order valence-corrected chi connectivity index (χ3v) is 8.43. The third kappa shape index (κ3) is 2.29. The molecule has 2 unspecified atom stereocenters. The first-order chi connectivity index (χ1) is 12.2. The summed E-state index contributed by atoms with van der Waals surface area (Å²) >= 11 is 0. The number of fused-ring (bicyclic) bond motifs is 5. The van der Waals surface area contributed by atoms with E-state index in [0.717, 1.165) is 44.8 Å². The van der Waals surface area contributed by atoms with Crippen LogP contribution in [0.5, 0.6) is 0 Å². The van der Waals surface area contributed by atoms with Crippen LogP contribution in [-0.2, 0) is 9.59 Å². The summed E-state index contributed by atoms with van der Waals surface area (Å²) in [7, 11) is 0. The van der Waals surface area contributed by atoms with Gasteiger partial charge in [0.1, 0.15) is 6.29 Å². The van der Waals surface area contributed by atoms with Crippen molar-refractivity contribution in [1.29, 1.82) is 0 Å². The zero-order valence-corrected chi connectivity index (χ0v) is 16.3. The van der Waals surface area contributed by atoms with Crippen molar-refractivity contribution < 1.29 is 9.59 Å². The lowest BCUT2D eigenvalue weighted by atomic mass is 9.49. The number of aldehydes is 1. The van der Waals surface area contributed by atoms with Crippen LogP contribution in [0.15, 0.2) is 34.9 Å². The minimum Gasteiger partial charge on any atom is -0.322 e. The summed E-state index contributed by atoms with van der Waals surface area (Å²) in [5.74, 6) is 0.822. The fourth-order valence-electron chi connectivity index (χ4n) is 6.43. The molecule has 0 bridgehead atoms. The molecule has 5 atom stereocenters. The molecule has 0 amide bonds. The van der Waals surface area contributed by atoms with E-state index in [9.17, 15) is 9.59 Å². The van der Waals surface area contributed by atoms with Crippen LogP contribution in [0.25, 0.3) is 0 Å². The minimum absolute atomic E-state index is 0.0496. The molecule has 2 N–H and O–H groups in total. The van der Waals surface area contributed by atoms with Crippen LogP contribution in [-0.4, -0.2) is 18.1 Å². The smallest absolute Gasteiger partial charge is 0.155 e. The maximum Gasteiger partial charge on any atom is 0.155 e. The van der Waals surface area contributed by atoms with Gasteiger partial charge in [-0.2, -0.15) is 0 Å². The minimum atomic E-state index is -0.376. The predicted octanol–water partition coefficient (Wildman–Crippen LogP) is 4.28. The number of hydrogen-bond acceptors (Lipinski definition) is 3. The van der Waals surface area contributed by atoms with E-state index < -0.39 is 0 Å². The number of hydrogen-bond donors (Lipinski definition) is 1. The van der Waals surface area contributed by atoms with E-state index >= 15 is 0 Å². The van der Waals surface area contributed by atoms with Crippen molar-refractivity contribution in [3.63, 3.8) is 0 Å². The molecule has 0 spiro atoms. The maximum absolute atomic E-state index is 11.9. The third-order valence-electron chi connectivity index (χ3n) is 8.43. The second-order valence-electron chi connectivity index (χ2n) is 9.73. The van der Waals surface area contributed by atoms with Crippen LogP contribution < -0.4 is 5.73 Å². The van der Waals surface area contributed by atoms with Crippen LogP contribution in [0.2, 0.25) is 0 Å². The molecule has 4 aliphatic rings. The van der Waals surface area contributed by atoms with E-state index in [4.69, 9.17) is 5.73 Å². The quantitative estimate of drug-likeness (QED) is 0.770. The van der Waals surface area contributed by atoms with Gasteiger partial charge in [0.2, 0.25) is 0 Å². The molecule has 0 radical (unpaired) electrons. The van der Waals surface area contributed by atoms with Gasteiger partial charge in [-0.15, -0.1) is 0 Å². The zero-order valence-electron chi connectivity index (χ0n) is 16.3. The molecule has 140 valence electrons. The molecule has 0 aromatic rings. The van der Waals surface area contributed by atoms with Crippen molar-refractivity contribution in [2.45, 2.75) is 71.8 Å². The van der Waals surface area contributed by atoms with Crippen LogP contribution in [0, 0.1) is 22.2 Å². The first-order valence-electron chi connectivity index (χ1n) is 10.1. The molecule has 3 nitrogen and oxygen atoms in total. The Kier molecular flexibility index (Phi) is 3.97. The van der Waals surface area contributed by atoms with Gasteiger partial charge in [-0.1, -0.05) is 38.5 Å². The average Bonchev–Trinajstić information content (AvgIpc) is 2.86. The van der Waals surface area contributed by atoms with E-state index in [1.165, 1.54) is 16.7 Å². The SMILES string of the molecule is C[C@@]1(CC(N)C=O)CC=C2C3=CCC4=CC(=O)CC[C@]4(C)C3CC[C@]21C. The summed E-state index contributed by atoms with van der Waals surface area (Å²) < 4.78 is 0. The lowest BCUT2D eigenvalue weighted by Gasteiger charge is -2.55. The normalized spacial score (nSPS) is 42.7. The van der Waals surface area contributed by atoms with Crippen LogP contribution in [0.3, 0.4) is 0 Å². The highest BCUT2D eigenvalue weighted by molar-refractivity contribution is 5.91. The monoisotopic (exact) mass is 353 g/mol. The van der Waals surface area contributed by atoms with E-state index in [2.05, 4.69) is 32.9 Å². The van der Waals surface area contributed by atoms with E-state index in [1.807, 2.05) is 6.08 Å². The van der Waals surface area contributed by atoms with Crippen molar-refractivity contribution >= 4 is 12.1 Å².